The van der Waals surface area contributed by atoms with Crippen LogP contribution in [0.5, 0.6) is 11.5 Å². The van der Waals surface area contributed by atoms with Crippen molar-refractivity contribution >= 4 is 23.7 Å². The van der Waals surface area contributed by atoms with E-state index in [-0.39, 0.29) is 6.04 Å². The summed E-state index contributed by atoms with van der Waals surface area (Å²) < 4.78 is 14.6. The third-order valence-electron chi connectivity index (χ3n) is 4.29. The first-order valence-corrected chi connectivity index (χ1v) is 9.27. The van der Waals surface area contributed by atoms with Crippen LogP contribution in [0.2, 0.25) is 5.02 Å². The zero-order valence-corrected chi connectivity index (χ0v) is 16.3. The average molecular weight is 422 g/mol. The minimum Gasteiger partial charge on any atom is -0.449 e. The Morgan fingerprint density at radius 2 is 1.97 bits per heavy atom. The number of esters is 1. The fourth-order valence-electron chi connectivity index (χ4n) is 2.92. The van der Waals surface area contributed by atoms with Crippen molar-refractivity contribution in [3.05, 3.63) is 58.6 Å². The lowest BCUT2D eigenvalue weighted by Gasteiger charge is -2.18. The molecule has 154 valence electrons. The number of fused-ring (bicyclic) bond motifs is 1. The van der Waals surface area contributed by atoms with Gasteiger partial charge in [-0.2, -0.15) is 0 Å². The van der Waals surface area contributed by atoms with Gasteiger partial charge in [-0.25, -0.2) is 9.59 Å². The molecule has 0 bridgehead atoms. The molecule has 1 aliphatic heterocycles. The van der Waals surface area contributed by atoms with Gasteiger partial charge in [0.05, 0.1) is 6.10 Å². The highest BCUT2D eigenvalue weighted by molar-refractivity contribution is 6.30. The first-order valence-electron chi connectivity index (χ1n) is 8.89. The molecule has 0 aromatic heterocycles. The lowest BCUT2D eigenvalue weighted by molar-refractivity contribution is -0.156. The van der Waals surface area contributed by atoms with E-state index < -0.39 is 24.5 Å². The topological polar surface area (TPSA) is 114 Å². The summed E-state index contributed by atoms with van der Waals surface area (Å²) in [6.45, 7) is 2.33. The molecule has 2 aromatic carbocycles. The van der Waals surface area contributed by atoms with Gasteiger partial charge < -0.3 is 29.7 Å². The summed E-state index contributed by atoms with van der Waals surface area (Å²) in [5, 5.41) is 22.6. The molecule has 3 atom stereocenters. The summed E-state index contributed by atoms with van der Waals surface area (Å²) in [4.78, 5) is 22.0. The Morgan fingerprint density at radius 1 is 1.21 bits per heavy atom. The molecule has 3 rings (SSSR count). The van der Waals surface area contributed by atoms with Crippen molar-refractivity contribution in [3.8, 4) is 11.5 Å². The first-order chi connectivity index (χ1) is 13.8. The maximum Gasteiger partial charge on any atom is 0.513 e. The molecule has 0 spiro atoms. The number of aliphatic hydroxyl groups is 1. The van der Waals surface area contributed by atoms with Gasteiger partial charge in [0.15, 0.2) is 11.5 Å². The van der Waals surface area contributed by atoms with E-state index in [2.05, 4.69) is 10.1 Å². The van der Waals surface area contributed by atoms with Crippen molar-refractivity contribution in [2.45, 2.75) is 31.8 Å². The molecule has 2 aromatic rings. The molecule has 0 saturated carbocycles. The number of hydrogen-bond acceptors (Lipinski definition) is 7. The summed E-state index contributed by atoms with van der Waals surface area (Å²) in [7, 11) is 0. The van der Waals surface area contributed by atoms with Crippen molar-refractivity contribution in [2.24, 2.45) is 0 Å². The van der Waals surface area contributed by atoms with E-state index >= 15 is 0 Å². The normalized spacial score (nSPS) is 16.9. The number of carbonyl (C=O) groups excluding carboxylic acids is 1. The second-order valence-corrected chi connectivity index (χ2v) is 7.06. The quantitative estimate of drug-likeness (QED) is 0.462. The van der Waals surface area contributed by atoms with Gasteiger partial charge in [-0.15, -0.1) is 0 Å². The summed E-state index contributed by atoms with van der Waals surface area (Å²) in [6, 6.07) is 12.3. The van der Waals surface area contributed by atoms with Crippen LogP contribution in [0.25, 0.3) is 0 Å². The van der Waals surface area contributed by atoms with Gasteiger partial charge in [0.25, 0.3) is 0 Å². The fourth-order valence-corrected chi connectivity index (χ4v) is 3.12. The molecule has 1 heterocycles. The van der Waals surface area contributed by atoms with Gasteiger partial charge in [-0.1, -0.05) is 29.8 Å². The monoisotopic (exact) mass is 421 g/mol. The Bertz CT molecular complexity index is 904. The molecule has 0 amide bonds. The maximum atomic E-state index is 11.6. The maximum absolute atomic E-state index is 11.6. The number of ether oxygens (including phenoxy) is 3. The van der Waals surface area contributed by atoms with Gasteiger partial charge in [0.2, 0.25) is 0 Å². The van der Waals surface area contributed by atoms with Crippen LogP contribution in [-0.4, -0.2) is 41.2 Å². The third-order valence-corrected chi connectivity index (χ3v) is 4.53. The van der Waals surface area contributed by atoms with E-state index in [1.807, 2.05) is 19.1 Å². The average Bonchev–Trinajstić information content (AvgIpc) is 3.09. The van der Waals surface area contributed by atoms with E-state index in [4.69, 9.17) is 26.2 Å². The molecule has 29 heavy (non-hydrogen) atoms. The number of rotatable bonds is 7. The molecule has 3 N–H and O–H groups in total. The van der Waals surface area contributed by atoms with Crippen molar-refractivity contribution in [1.29, 1.82) is 0 Å². The number of benzene rings is 2. The van der Waals surface area contributed by atoms with Gasteiger partial charge in [0, 0.05) is 17.6 Å². The van der Waals surface area contributed by atoms with Crippen LogP contribution in [0.15, 0.2) is 42.5 Å². The van der Waals surface area contributed by atoms with Crippen LogP contribution in [0.1, 0.15) is 24.2 Å². The molecule has 8 nitrogen and oxygen atoms in total. The lowest BCUT2D eigenvalue weighted by atomic mass is 10.1. The number of nitrogens with one attached hydrogen (secondary N) is 1. The molecular formula is C20H20ClNO7. The fraction of sp³-hybridized carbons (Fsp3) is 0.300. The molecule has 0 aliphatic carbocycles. The highest BCUT2D eigenvalue weighted by Crippen LogP contribution is 2.36. The van der Waals surface area contributed by atoms with Gasteiger partial charge in [0.1, 0.15) is 0 Å². The Labute approximate surface area is 172 Å². The SMILES string of the molecule is CC(Cc1ccc2c(c1)O[C@H](C(=O)OC(=O)O)O2)NC[C@H](O)c1cccc(Cl)c1. The summed E-state index contributed by atoms with van der Waals surface area (Å²) in [6.07, 6.45) is -3.23. The van der Waals surface area contributed by atoms with Crippen LogP contribution in [0.4, 0.5) is 4.79 Å². The largest absolute Gasteiger partial charge is 0.513 e. The minimum absolute atomic E-state index is 0.0389. The smallest absolute Gasteiger partial charge is 0.449 e. The van der Waals surface area contributed by atoms with Crippen molar-refractivity contribution < 1.29 is 34.0 Å². The molecule has 1 aliphatic rings. The third kappa shape index (κ3) is 5.60. The van der Waals surface area contributed by atoms with Crippen LogP contribution in [0.3, 0.4) is 0 Å². The minimum atomic E-state index is -1.72. The van der Waals surface area contributed by atoms with Gasteiger partial charge in [-0.05, 0) is 48.7 Å². The Hall–Kier alpha value is -2.81. The van der Waals surface area contributed by atoms with Crippen molar-refractivity contribution in [1.82, 2.24) is 5.32 Å². The summed E-state index contributed by atoms with van der Waals surface area (Å²) in [5.41, 5.74) is 1.65. The number of carboxylic acid groups (broad SMARTS) is 1. The second-order valence-electron chi connectivity index (χ2n) is 6.62. The van der Waals surface area contributed by atoms with E-state index in [1.54, 1.807) is 30.3 Å². The van der Waals surface area contributed by atoms with E-state index in [9.17, 15) is 14.7 Å². The van der Waals surface area contributed by atoms with Crippen LogP contribution >= 0.6 is 11.6 Å². The molecule has 9 heteroatoms. The molecule has 0 fully saturated rings. The first kappa shape index (κ1) is 20.9. The highest BCUT2D eigenvalue weighted by atomic mass is 35.5. The van der Waals surface area contributed by atoms with Crippen LogP contribution in [-0.2, 0) is 16.0 Å². The molecular weight excluding hydrogens is 402 g/mol. The van der Waals surface area contributed by atoms with Crippen molar-refractivity contribution in [2.75, 3.05) is 6.54 Å². The standard InChI is InChI=1S/C20H20ClNO7/c1-11(22-10-15(23)13-3-2-4-14(21)9-13)7-12-5-6-16-17(8-12)28-19(27-16)18(24)29-20(25)26/h2-6,8-9,11,15,19,22-23H,7,10H2,1H3,(H,25,26)/t11?,15-,19+/m0/s1. The second kappa shape index (κ2) is 9.13. The van der Waals surface area contributed by atoms with E-state index in [0.717, 1.165) is 11.1 Å². The van der Waals surface area contributed by atoms with Gasteiger partial charge >= 0.3 is 18.4 Å². The lowest BCUT2D eigenvalue weighted by Crippen LogP contribution is -2.32. The molecule has 0 radical (unpaired) electrons. The zero-order valence-electron chi connectivity index (χ0n) is 15.5. The summed E-state index contributed by atoms with van der Waals surface area (Å²) in [5.74, 6) is -0.473. The predicted molar refractivity (Wildman–Crippen MR) is 103 cm³/mol. The van der Waals surface area contributed by atoms with Crippen LogP contribution in [0, 0.1) is 0 Å². The van der Waals surface area contributed by atoms with Gasteiger partial charge in [-0.3, -0.25) is 0 Å². The molecule has 1 unspecified atom stereocenters. The van der Waals surface area contributed by atoms with Crippen LogP contribution < -0.4 is 14.8 Å². The Balaban J connectivity index is 1.53. The molecule has 0 saturated heterocycles. The Kier molecular flexibility index (Phi) is 6.58. The number of hydrogen-bond donors (Lipinski definition) is 3. The summed E-state index contributed by atoms with van der Waals surface area (Å²) >= 11 is 5.95. The van der Waals surface area contributed by atoms with E-state index in [0.29, 0.717) is 29.5 Å². The number of aliphatic hydroxyl groups excluding tert-OH is 1. The van der Waals surface area contributed by atoms with E-state index in [1.165, 1.54) is 0 Å². The number of carbonyl (C=O) groups is 2. The highest BCUT2D eigenvalue weighted by Gasteiger charge is 2.34. The predicted octanol–water partition coefficient (Wildman–Crippen LogP) is 2.91. The van der Waals surface area contributed by atoms with Crippen molar-refractivity contribution in [3.63, 3.8) is 0 Å². The number of halogens is 1. The Morgan fingerprint density at radius 3 is 2.69 bits per heavy atom. The zero-order chi connectivity index (χ0) is 21.0.